The molecule has 2 nitrogen and oxygen atoms in total. The molecule has 1 aliphatic carbocycles. The van der Waals surface area contributed by atoms with E-state index >= 15 is 0 Å². The summed E-state index contributed by atoms with van der Waals surface area (Å²) in [5.74, 6) is 1.72. The standard InChI is InChI=1S/C19H30N2/c1-4-20-19-17-8-6-5-7-15(17)9-10-18(19)21-12-11-16(13-21)14(2)3/h5-8,14,16,18-20H,4,9-13H2,1-3H3. The molecule has 0 radical (unpaired) electrons. The van der Waals surface area contributed by atoms with Crippen LogP contribution in [0.2, 0.25) is 0 Å². The van der Waals surface area contributed by atoms with Gasteiger partial charge in [-0.1, -0.05) is 45.0 Å². The molecule has 1 N–H and O–H groups in total. The van der Waals surface area contributed by atoms with Gasteiger partial charge in [0, 0.05) is 18.6 Å². The SMILES string of the molecule is CCNC1c2ccccc2CCC1N1CCC(C(C)C)C1. The Hall–Kier alpha value is -0.860. The first-order chi connectivity index (χ1) is 10.2. The van der Waals surface area contributed by atoms with Gasteiger partial charge in [-0.3, -0.25) is 4.90 Å². The van der Waals surface area contributed by atoms with E-state index in [-0.39, 0.29) is 0 Å². The lowest BCUT2D eigenvalue weighted by Crippen LogP contribution is -2.46. The average molecular weight is 286 g/mol. The van der Waals surface area contributed by atoms with Gasteiger partial charge in [-0.2, -0.15) is 0 Å². The third kappa shape index (κ3) is 3.02. The molecule has 3 rings (SSSR count). The monoisotopic (exact) mass is 286 g/mol. The number of nitrogens with one attached hydrogen (secondary N) is 1. The summed E-state index contributed by atoms with van der Waals surface area (Å²) in [6.45, 7) is 10.6. The number of nitrogens with zero attached hydrogens (tertiary/aromatic N) is 1. The highest BCUT2D eigenvalue weighted by Gasteiger charge is 2.36. The number of aryl methyl sites for hydroxylation is 1. The van der Waals surface area contributed by atoms with Gasteiger partial charge < -0.3 is 5.32 Å². The van der Waals surface area contributed by atoms with Gasteiger partial charge in [-0.05, 0) is 55.3 Å². The van der Waals surface area contributed by atoms with Crippen LogP contribution in [0.4, 0.5) is 0 Å². The molecule has 3 atom stereocenters. The molecule has 2 heteroatoms. The summed E-state index contributed by atoms with van der Waals surface area (Å²) in [6.07, 6.45) is 3.93. The second-order valence-electron chi connectivity index (χ2n) is 7.13. The molecule has 0 saturated carbocycles. The first kappa shape index (κ1) is 15.1. The zero-order chi connectivity index (χ0) is 14.8. The number of hydrogen-bond acceptors (Lipinski definition) is 2. The van der Waals surface area contributed by atoms with Crippen molar-refractivity contribution in [3.05, 3.63) is 35.4 Å². The zero-order valence-corrected chi connectivity index (χ0v) is 13.8. The first-order valence-electron chi connectivity index (χ1n) is 8.76. The van der Waals surface area contributed by atoms with Crippen molar-refractivity contribution in [3.63, 3.8) is 0 Å². The van der Waals surface area contributed by atoms with Crippen LogP contribution in [0.5, 0.6) is 0 Å². The number of rotatable bonds is 4. The fourth-order valence-electron chi connectivity index (χ4n) is 4.26. The maximum atomic E-state index is 3.77. The van der Waals surface area contributed by atoms with Gasteiger partial charge in [0.2, 0.25) is 0 Å². The lowest BCUT2D eigenvalue weighted by atomic mass is 9.83. The third-order valence-electron chi connectivity index (χ3n) is 5.58. The molecule has 1 aromatic carbocycles. The van der Waals surface area contributed by atoms with E-state index in [2.05, 4.69) is 55.3 Å². The van der Waals surface area contributed by atoms with Crippen LogP contribution >= 0.6 is 0 Å². The topological polar surface area (TPSA) is 15.3 Å². The summed E-state index contributed by atoms with van der Waals surface area (Å²) in [4.78, 5) is 2.77. The van der Waals surface area contributed by atoms with Gasteiger partial charge in [0.15, 0.2) is 0 Å². The van der Waals surface area contributed by atoms with Gasteiger partial charge in [0.1, 0.15) is 0 Å². The first-order valence-corrected chi connectivity index (χ1v) is 8.76. The van der Waals surface area contributed by atoms with Crippen molar-refractivity contribution >= 4 is 0 Å². The molecule has 3 unspecified atom stereocenters. The van der Waals surface area contributed by atoms with Crippen LogP contribution < -0.4 is 5.32 Å². The van der Waals surface area contributed by atoms with E-state index in [0.717, 1.165) is 18.4 Å². The quantitative estimate of drug-likeness (QED) is 0.909. The van der Waals surface area contributed by atoms with Crippen molar-refractivity contribution in [2.45, 2.75) is 52.1 Å². The molecule has 0 bridgehead atoms. The molecule has 116 valence electrons. The van der Waals surface area contributed by atoms with Crippen molar-refractivity contribution < 1.29 is 0 Å². The summed E-state index contributed by atoms with van der Waals surface area (Å²) in [6, 6.07) is 10.2. The van der Waals surface area contributed by atoms with Crippen LogP contribution in [0, 0.1) is 11.8 Å². The Balaban J connectivity index is 1.79. The number of hydrogen-bond donors (Lipinski definition) is 1. The van der Waals surface area contributed by atoms with Gasteiger partial charge in [-0.15, -0.1) is 0 Å². The number of fused-ring (bicyclic) bond motifs is 1. The van der Waals surface area contributed by atoms with Crippen molar-refractivity contribution in [3.8, 4) is 0 Å². The van der Waals surface area contributed by atoms with Crippen LogP contribution in [0.1, 0.15) is 50.8 Å². The van der Waals surface area contributed by atoms with E-state index in [4.69, 9.17) is 0 Å². The fraction of sp³-hybridized carbons (Fsp3) is 0.684. The maximum Gasteiger partial charge on any atom is 0.0480 e. The molecule has 1 heterocycles. The zero-order valence-electron chi connectivity index (χ0n) is 13.8. The number of benzene rings is 1. The highest BCUT2D eigenvalue weighted by Crippen LogP contribution is 2.36. The van der Waals surface area contributed by atoms with Crippen LogP contribution in [0.15, 0.2) is 24.3 Å². The van der Waals surface area contributed by atoms with E-state index in [1.54, 1.807) is 11.1 Å². The minimum Gasteiger partial charge on any atom is -0.309 e. The van der Waals surface area contributed by atoms with Crippen LogP contribution in [0.25, 0.3) is 0 Å². The van der Waals surface area contributed by atoms with Gasteiger partial charge in [0.25, 0.3) is 0 Å². The van der Waals surface area contributed by atoms with Crippen LogP contribution in [-0.4, -0.2) is 30.6 Å². The Morgan fingerprint density at radius 3 is 2.76 bits per heavy atom. The third-order valence-corrected chi connectivity index (χ3v) is 5.58. The van der Waals surface area contributed by atoms with E-state index in [0.29, 0.717) is 12.1 Å². The van der Waals surface area contributed by atoms with E-state index < -0.39 is 0 Å². The largest absolute Gasteiger partial charge is 0.309 e. The molecular weight excluding hydrogens is 256 g/mol. The van der Waals surface area contributed by atoms with Gasteiger partial charge in [-0.25, -0.2) is 0 Å². The van der Waals surface area contributed by atoms with Crippen molar-refractivity contribution in [2.75, 3.05) is 19.6 Å². The summed E-state index contributed by atoms with van der Waals surface area (Å²) < 4.78 is 0. The molecular formula is C19H30N2. The lowest BCUT2D eigenvalue weighted by Gasteiger charge is -2.40. The minimum absolute atomic E-state index is 0.519. The van der Waals surface area contributed by atoms with Crippen LogP contribution in [0.3, 0.4) is 0 Å². The number of likely N-dealkylation sites (tertiary alicyclic amines) is 1. The van der Waals surface area contributed by atoms with Gasteiger partial charge in [0.05, 0.1) is 0 Å². The highest BCUT2D eigenvalue weighted by atomic mass is 15.2. The molecule has 0 spiro atoms. The predicted molar refractivity (Wildman–Crippen MR) is 89.5 cm³/mol. The highest BCUT2D eigenvalue weighted by molar-refractivity contribution is 5.34. The molecule has 21 heavy (non-hydrogen) atoms. The van der Waals surface area contributed by atoms with E-state index in [1.165, 1.54) is 32.4 Å². The van der Waals surface area contributed by atoms with Crippen molar-refractivity contribution in [1.82, 2.24) is 10.2 Å². The smallest absolute Gasteiger partial charge is 0.0480 e. The fourth-order valence-corrected chi connectivity index (χ4v) is 4.26. The Morgan fingerprint density at radius 2 is 2.05 bits per heavy atom. The molecule has 1 saturated heterocycles. The second kappa shape index (κ2) is 6.50. The maximum absolute atomic E-state index is 3.77. The van der Waals surface area contributed by atoms with Gasteiger partial charge >= 0.3 is 0 Å². The van der Waals surface area contributed by atoms with E-state index in [9.17, 15) is 0 Å². The predicted octanol–water partition coefficient (Wildman–Crippen LogP) is 3.63. The Kier molecular flexibility index (Phi) is 4.66. The molecule has 1 aliphatic heterocycles. The van der Waals surface area contributed by atoms with Crippen molar-refractivity contribution in [1.29, 1.82) is 0 Å². The molecule has 1 aromatic rings. The average Bonchev–Trinajstić information content (AvgIpc) is 2.98. The molecule has 0 aromatic heterocycles. The normalized spacial score (nSPS) is 29.8. The molecule has 2 aliphatic rings. The molecule has 0 amide bonds. The summed E-state index contributed by atoms with van der Waals surface area (Å²) in [5, 5.41) is 3.77. The molecule has 1 fully saturated rings. The Labute approximate surface area is 129 Å². The second-order valence-corrected chi connectivity index (χ2v) is 7.13. The Bertz CT molecular complexity index is 468. The summed E-state index contributed by atoms with van der Waals surface area (Å²) in [7, 11) is 0. The van der Waals surface area contributed by atoms with Crippen molar-refractivity contribution in [2.24, 2.45) is 11.8 Å². The summed E-state index contributed by atoms with van der Waals surface area (Å²) in [5.41, 5.74) is 3.10. The lowest BCUT2D eigenvalue weighted by molar-refractivity contribution is 0.163. The summed E-state index contributed by atoms with van der Waals surface area (Å²) >= 11 is 0. The Morgan fingerprint density at radius 1 is 1.24 bits per heavy atom. The minimum atomic E-state index is 0.519. The number of likely N-dealkylation sites (N-methyl/N-ethyl adjacent to an activating group) is 1. The van der Waals surface area contributed by atoms with E-state index in [1.807, 2.05) is 0 Å². The van der Waals surface area contributed by atoms with Crippen LogP contribution in [-0.2, 0) is 6.42 Å².